The average molecular weight is 155 g/mol. The van der Waals surface area contributed by atoms with E-state index < -0.39 is 0 Å². The zero-order valence-corrected chi connectivity index (χ0v) is 7.90. The minimum atomic E-state index is 0.471. The van der Waals surface area contributed by atoms with E-state index in [0.717, 1.165) is 12.5 Å². The summed E-state index contributed by atoms with van der Waals surface area (Å²) in [5, 5.41) is 0. The summed E-state index contributed by atoms with van der Waals surface area (Å²) in [6, 6.07) is 0. The molecule has 2 atom stereocenters. The van der Waals surface area contributed by atoms with Crippen LogP contribution in [0.25, 0.3) is 0 Å². The van der Waals surface area contributed by atoms with E-state index in [1.807, 2.05) is 0 Å². The van der Waals surface area contributed by atoms with Crippen molar-refractivity contribution in [2.75, 3.05) is 6.54 Å². The van der Waals surface area contributed by atoms with Crippen molar-refractivity contribution >= 4 is 0 Å². The van der Waals surface area contributed by atoms with Crippen molar-refractivity contribution in [3.8, 4) is 0 Å². The van der Waals surface area contributed by atoms with Crippen LogP contribution < -0.4 is 5.73 Å². The first-order valence-electron chi connectivity index (χ1n) is 4.90. The van der Waals surface area contributed by atoms with Crippen LogP contribution in [0.2, 0.25) is 0 Å². The van der Waals surface area contributed by atoms with Crippen LogP contribution in [0.15, 0.2) is 0 Å². The van der Waals surface area contributed by atoms with Gasteiger partial charge in [0, 0.05) is 0 Å². The van der Waals surface area contributed by atoms with E-state index in [1.165, 1.54) is 32.1 Å². The molecule has 1 saturated carbocycles. The first kappa shape index (κ1) is 9.05. The van der Waals surface area contributed by atoms with Crippen LogP contribution in [0.3, 0.4) is 0 Å². The molecule has 11 heavy (non-hydrogen) atoms. The van der Waals surface area contributed by atoms with E-state index >= 15 is 0 Å². The molecule has 1 heteroatoms. The van der Waals surface area contributed by atoms with Gasteiger partial charge >= 0.3 is 0 Å². The predicted octanol–water partition coefficient (Wildman–Crippen LogP) is 2.55. The van der Waals surface area contributed by atoms with Gasteiger partial charge in [0.25, 0.3) is 0 Å². The molecule has 1 aliphatic carbocycles. The second-order valence-electron chi connectivity index (χ2n) is 4.39. The van der Waals surface area contributed by atoms with E-state index in [2.05, 4.69) is 13.8 Å². The smallest absolute Gasteiger partial charge is 0.00231 e. The van der Waals surface area contributed by atoms with E-state index in [4.69, 9.17) is 5.73 Å². The maximum absolute atomic E-state index is 5.75. The van der Waals surface area contributed by atoms with E-state index in [0.29, 0.717) is 5.41 Å². The molecule has 1 fully saturated rings. The van der Waals surface area contributed by atoms with Gasteiger partial charge in [0.15, 0.2) is 0 Å². The van der Waals surface area contributed by atoms with Gasteiger partial charge in [-0.15, -0.1) is 0 Å². The molecule has 1 aliphatic rings. The third kappa shape index (κ3) is 2.19. The summed E-state index contributed by atoms with van der Waals surface area (Å²) in [4.78, 5) is 0. The summed E-state index contributed by atoms with van der Waals surface area (Å²) >= 11 is 0. The molecular weight excluding hydrogens is 134 g/mol. The Hall–Kier alpha value is -0.0400. The van der Waals surface area contributed by atoms with Crippen LogP contribution in [0.5, 0.6) is 0 Å². The molecule has 0 aliphatic heterocycles. The molecule has 0 saturated heterocycles. The summed E-state index contributed by atoms with van der Waals surface area (Å²) < 4.78 is 0. The van der Waals surface area contributed by atoms with Crippen molar-refractivity contribution in [3.63, 3.8) is 0 Å². The summed E-state index contributed by atoms with van der Waals surface area (Å²) in [6.07, 6.45) is 6.88. The van der Waals surface area contributed by atoms with Crippen LogP contribution in [0.1, 0.15) is 46.0 Å². The van der Waals surface area contributed by atoms with Gasteiger partial charge in [-0.05, 0) is 30.7 Å². The zero-order valence-electron chi connectivity index (χ0n) is 7.90. The fraction of sp³-hybridized carbons (Fsp3) is 1.00. The molecule has 0 aromatic heterocycles. The van der Waals surface area contributed by atoms with E-state index in [-0.39, 0.29) is 0 Å². The molecule has 2 N–H and O–H groups in total. The topological polar surface area (TPSA) is 26.0 Å². The van der Waals surface area contributed by atoms with Gasteiger partial charge in [0.05, 0.1) is 0 Å². The first-order valence-corrected chi connectivity index (χ1v) is 4.90. The molecule has 0 aromatic carbocycles. The van der Waals surface area contributed by atoms with Crippen LogP contribution in [-0.2, 0) is 0 Å². The fourth-order valence-corrected chi connectivity index (χ4v) is 2.25. The minimum Gasteiger partial charge on any atom is -0.330 e. The lowest BCUT2D eigenvalue weighted by molar-refractivity contribution is 0.164. The Labute approximate surface area is 70.4 Å². The van der Waals surface area contributed by atoms with Gasteiger partial charge in [-0.25, -0.2) is 0 Å². The van der Waals surface area contributed by atoms with Gasteiger partial charge in [-0.3, -0.25) is 0 Å². The van der Waals surface area contributed by atoms with Gasteiger partial charge < -0.3 is 5.73 Å². The monoisotopic (exact) mass is 155 g/mol. The molecule has 0 aromatic rings. The number of hydrogen-bond donors (Lipinski definition) is 1. The highest BCUT2D eigenvalue weighted by atomic mass is 14.6. The Morgan fingerprint density at radius 1 is 1.55 bits per heavy atom. The van der Waals surface area contributed by atoms with Crippen molar-refractivity contribution in [2.45, 2.75) is 46.0 Å². The molecule has 0 spiro atoms. The van der Waals surface area contributed by atoms with E-state index in [1.54, 1.807) is 0 Å². The molecule has 0 unspecified atom stereocenters. The fourth-order valence-electron chi connectivity index (χ4n) is 2.25. The number of rotatable bonds is 2. The van der Waals surface area contributed by atoms with E-state index in [9.17, 15) is 0 Å². The molecule has 0 heterocycles. The largest absolute Gasteiger partial charge is 0.330 e. The quantitative estimate of drug-likeness (QED) is 0.651. The van der Waals surface area contributed by atoms with Gasteiger partial charge in [0.2, 0.25) is 0 Å². The van der Waals surface area contributed by atoms with Gasteiger partial charge in [-0.1, -0.05) is 33.1 Å². The van der Waals surface area contributed by atoms with Crippen molar-refractivity contribution < 1.29 is 0 Å². The Morgan fingerprint density at radius 3 is 2.82 bits per heavy atom. The molecule has 0 radical (unpaired) electrons. The normalized spacial score (nSPS) is 39.0. The lowest BCUT2D eigenvalue weighted by atomic mass is 9.70. The summed E-state index contributed by atoms with van der Waals surface area (Å²) in [6.45, 7) is 5.52. The Morgan fingerprint density at radius 2 is 2.27 bits per heavy atom. The SMILES string of the molecule is CC[C@H]1CCC[C@](C)(CN)C1. The van der Waals surface area contributed by atoms with Crippen molar-refractivity contribution in [3.05, 3.63) is 0 Å². The van der Waals surface area contributed by atoms with Crippen molar-refractivity contribution in [1.82, 2.24) is 0 Å². The van der Waals surface area contributed by atoms with Crippen LogP contribution in [-0.4, -0.2) is 6.54 Å². The van der Waals surface area contributed by atoms with Crippen LogP contribution >= 0.6 is 0 Å². The minimum absolute atomic E-state index is 0.471. The molecule has 1 rings (SSSR count). The summed E-state index contributed by atoms with van der Waals surface area (Å²) in [7, 11) is 0. The van der Waals surface area contributed by atoms with Crippen LogP contribution in [0.4, 0.5) is 0 Å². The Balaban J connectivity index is 2.44. The first-order chi connectivity index (χ1) is 5.20. The van der Waals surface area contributed by atoms with Gasteiger partial charge in [0.1, 0.15) is 0 Å². The average Bonchev–Trinajstić information content (AvgIpc) is 2.05. The Bertz CT molecular complexity index is 122. The molecule has 1 nitrogen and oxygen atoms in total. The maximum Gasteiger partial charge on any atom is -0.00231 e. The lowest BCUT2D eigenvalue weighted by Crippen LogP contribution is -2.32. The summed E-state index contributed by atoms with van der Waals surface area (Å²) in [5.74, 6) is 0.956. The molecule has 66 valence electrons. The Kier molecular flexibility index (Phi) is 2.94. The third-order valence-corrected chi connectivity index (χ3v) is 3.24. The zero-order chi connectivity index (χ0) is 8.32. The highest BCUT2D eigenvalue weighted by Crippen LogP contribution is 2.39. The number of nitrogens with two attached hydrogens (primary N) is 1. The lowest BCUT2D eigenvalue weighted by Gasteiger charge is -2.36. The van der Waals surface area contributed by atoms with Crippen molar-refractivity contribution in [2.24, 2.45) is 17.1 Å². The number of hydrogen-bond acceptors (Lipinski definition) is 1. The maximum atomic E-state index is 5.75. The standard InChI is InChI=1S/C10H21N/c1-3-9-5-4-6-10(2,7-9)8-11/h9H,3-8,11H2,1-2H3/t9-,10-/m0/s1. The highest BCUT2D eigenvalue weighted by Gasteiger charge is 2.29. The molecule has 0 amide bonds. The molecule has 0 bridgehead atoms. The van der Waals surface area contributed by atoms with Gasteiger partial charge in [-0.2, -0.15) is 0 Å². The molecular formula is C10H21N. The summed E-state index contributed by atoms with van der Waals surface area (Å²) in [5.41, 5.74) is 6.23. The van der Waals surface area contributed by atoms with Crippen molar-refractivity contribution in [1.29, 1.82) is 0 Å². The highest BCUT2D eigenvalue weighted by molar-refractivity contribution is 4.82. The third-order valence-electron chi connectivity index (χ3n) is 3.24. The second-order valence-corrected chi connectivity index (χ2v) is 4.39. The predicted molar refractivity (Wildman–Crippen MR) is 49.4 cm³/mol. The van der Waals surface area contributed by atoms with Crippen LogP contribution in [0, 0.1) is 11.3 Å². The second kappa shape index (κ2) is 3.57.